The predicted octanol–water partition coefficient (Wildman–Crippen LogP) is 4.43. The lowest BCUT2D eigenvalue weighted by Crippen LogP contribution is -2.23. The Balaban J connectivity index is 1.70. The summed E-state index contributed by atoms with van der Waals surface area (Å²) in [7, 11) is -4.09. The number of nitrogens with zero attached hydrogens (tertiary/aromatic N) is 1. The van der Waals surface area contributed by atoms with E-state index in [9.17, 15) is 18.0 Å². The number of sulfone groups is 1. The van der Waals surface area contributed by atoms with Crippen LogP contribution in [0.1, 0.15) is 19.4 Å². The van der Waals surface area contributed by atoms with Gasteiger partial charge in [-0.05, 0) is 67.4 Å². The highest BCUT2D eigenvalue weighted by molar-refractivity contribution is 7.91. The zero-order valence-electron chi connectivity index (χ0n) is 19.5. The molecule has 8 heteroatoms. The lowest BCUT2D eigenvalue weighted by atomic mass is 10.2. The summed E-state index contributed by atoms with van der Waals surface area (Å²) in [6.07, 6.45) is 2.03. The third-order valence-electron chi connectivity index (χ3n) is 5.65. The van der Waals surface area contributed by atoms with Crippen molar-refractivity contribution in [1.82, 2.24) is 4.57 Å². The molecule has 0 bridgehead atoms. The molecule has 0 saturated heterocycles. The predicted molar refractivity (Wildman–Crippen MR) is 136 cm³/mol. The van der Waals surface area contributed by atoms with Crippen molar-refractivity contribution in [2.24, 2.45) is 0 Å². The summed E-state index contributed by atoms with van der Waals surface area (Å²) in [4.78, 5) is 25.7. The van der Waals surface area contributed by atoms with Crippen LogP contribution in [0.4, 0.5) is 5.69 Å². The summed E-state index contributed by atoms with van der Waals surface area (Å²) in [5, 5.41) is 3.03. The van der Waals surface area contributed by atoms with Crippen LogP contribution in [0, 0.1) is 0 Å². The van der Waals surface area contributed by atoms with Crippen molar-refractivity contribution in [2.45, 2.75) is 36.6 Å². The largest absolute Gasteiger partial charge is 0.494 e. The second-order valence-corrected chi connectivity index (χ2v) is 9.89. The summed E-state index contributed by atoms with van der Waals surface area (Å²) in [6, 6.07) is 20.1. The van der Waals surface area contributed by atoms with Gasteiger partial charge >= 0.3 is 0 Å². The highest BCUT2D eigenvalue weighted by Crippen LogP contribution is 2.22. The van der Waals surface area contributed by atoms with Crippen LogP contribution in [-0.2, 0) is 27.6 Å². The molecular weight excluding hydrogens is 464 g/mol. The minimum Gasteiger partial charge on any atom is -0.494 e. The van der Waals surface area contributed by atoms with E-state index in [-0.39, 0.29) is 27.6 Å². The Bertz CT molecular complexity index is 1520. The van der Waals surface area contributed by atoms with Gasteiger partial charge in [0, 0.05) is 17.3 Å². The third kappa shape index (κ3) is 5.12. The zero-order chi connectivity index (χ0) is 25.0. The van der Waals surface area contributed by atoms with Crippen molar-refractivity contribution >= 4 is 32.3 Å². The van der Waals surface area contributed by atoms with E-state index >= 15 is 0 Å². The highest BCUT2D eigenvalue weighted by atomic mass is 32.2. The topological polar surface area (TPSA) is 94.5 Å². The minimum absolute atomic E-state index is 0.0347. The van der Waals surface area contributed by atoms with Gasteiger partial charge in [-0.3, -0.25) is 9.59 Å². The van der Waals surface area contributed by atoms with Gasteiger partial charge in [-0.25, -0.2) is 8.42 Å². The maximum Gasteiger partial charge on any atom is 0.244 e. The molecule has 0 atom stereocenters. The van der Waals surface area contributed by atoms with Gasteiger partial charge in [0.25, 0.3) is 0 Å². The fourth-order valence-corrected chi connectivity index (χ4v) is 5.20. The van der Waals surface area contributed by atoms with Crippen LogP contribution in [0.2, 0.25) is 0 Å². The number of aryl methyl sites for hydroxylation is 1. The Labute approximate surface area is 203 Å². The first-order valence-corrected chi connectivity index (χ1v) is 12.8. The number of anilines is 1. The van der Waals surface area contributed by atoms with E-state index in [0.717, 1.165) is 12.0 Å². The summed E-state index contributed by atoms with van der Waals surface area (Å²) in [5.74, 6) is 0.331. The third-order valence-corrected chi connectivity index (χ3v) is 7.41. The maximum absolute atomic E-state index is 13.4. The van der Waals surface area contributed by atoms with Crippen LogP contribution in [0.5, 0.6) is 5.75 Å². The fraction of sp³-hybridized carbons (Fsp3) is 0.185. The van der Waals surface area contributed by atoms with E-state index in [1.54, 1.807) is 60.7 Å². The molecule has 1 heterocycles. The van der Waals surface area contributed by atoms with Gasteiger partial charge in [0.05, 0.1) is 17.0 Å². The number of aromatic nitrogens is 1. The monoisotopic (exact) mass is 490 g/mol. The van der Waals surface area contributed by atoms with Crippen molar-refractivity contribution in [3.8, 4) is 5.75 Å². The molecule has 35 heavy (non-hydrogen) atoms. The second-order valence-electron chi connectivity index (χ2n) is 7.97. The Morgan fingerprint density at radius 2 is 1.63 bits per heavy atom. The van der Waals surface area contributed by atoms with Gasteiger partial charge in [0.15, 0.2) is 0 Å². The number of rotatable bonds is 8. The summed E-state index contributed by atoms with van der Waals surface area (Å²) >= 11 is 0. The molecule has 0 fully saturated rings. The van der Waals surface area contributed by atoms with Crippen LogP contribution in [0.3, 0.4) is 0 Å². The number of benzene rings is 3. The van der Waals surface area contributed by atoms with Crippen molar-refractivity contribution in [3.63, 3.8) is 0 Å². The van der Waals surface area contributed by atoms with Crippen molar-refractivity contribution < 1.29 is 17.9 Å². The molecule has 0 aliphatic heterocycles. The first kappa shape index (κ1) is 24.2. The number of hydrogen-bond donors (Lipinski definition) is 1. The normalized spacial score (nSPS) is 11.4. The van der Waals surface area contributed by atoms with Crippen LogP contribution >= 0.6 is 0 Å². The summed E-state index contributed by atoms with van der Waals surface area (Å²) in [5.41, 5.74) is 1.45. The van der Waals surface area contributed by atoms with Crippen molar-refractivity contribution in [3.05, 3.63) is 94.8 Å². The number of carbonyl (C=O) groups excluding carboxylic acids is 1. The molecule has 7 nitrogen and oxygen atoms in total. The van der Waals surface area contributed by atoms with Gasteiger partial charge in [0.2, 0.25) is 21.2 Å². The van der Waals surface area contributed by atoms with E-state index in [1.807, 2.05) is 13.8 Å². The SMILES string of the molecule is CCOc1ccc(NC(=O)Cn2cc(S(=O)(=O)c3ccc(CC)cc3)c(=O)c3ccccc32)cc1. The average Bonchev–Trinajstić information content (AvgIpc) is 2.87. The molecule has 1 amide bonds. The Morgan fingerprint density at radius 1 is 0.943 bits per heavy atom. The van der Waals surface area contributed by atoms with E-state index in [1.165, 1.54) is 22.9 Å². The number of fused-ring (bicyclic) bond motifs is 1. The van der Waals surface area contributed by atoms with Gasteiger partial charge < -0.3 is 14.6 Å². The maximum atomic E-state index is 13.4. The molecule has 0 aliphatic carbocycles. The van der Waals surface area contributed by atoms with Gasteiger partial charge in [-0.1, -0.05) is 31.2 Å². The molecular formula is C27H26N2O5S. The van der Waals surface area contributed by atoms with Crippen LogP contribution < -0.4 is 15.5 Å². The number of nitrogens with one attached hydrogen (secondary N) is 1. The summed E-state index contributed by atoms with van der Waals surface area (Å²) < 4.78 is 33.7. The molecule has 4 aromatic rings. The molecule has 3 aromatic carbocycles. The quantitative estimate of drug-likeness (QED) is 0.394. The first-order chi connectivity index (χ1) is 16.8. The van der Waals surface area contributed by atoms with Crippen molar-refractivity contribution in [1.29, 1.82) is 0 Å². The van der Waals surface area contributed by atoms with Crippen LogP contribution in [0.25, 0.3) is 10.9 Å². The Morgan fingerprint density at radius 3 is 2.29 bits per heavy atom. The number of amides is 1. The molecule has 4 rings (SSSR count). The molecule has 0 unspecified atom stereocenters. The summed E-state index contributed by atoms with van der Waals surface area (Å²) in [6.45, 7) is 4.23. The van der Waals surface area contributed by atoms with E-state index in [4.69, 9.17) is 4.74 Å². The molecule has 1 N–H and O–H groups in total. The second kappa shape index (κ2) is 10.1. The van der Waals surface area contributed by atoms with Crippen LogP contribution in [-0.4, -0.2) is 25.5 Å². The first-order valence-electron chi connectivity index (χ1n) is 11.3. The standard InChI is InChI=1S/C27H26N2O5S/c1-3-19-9-15-22(16-10-19)35(32,33)25-17-29(24-8-6-5-7-23(24)27(25)31)18-26(30)28-20-11-13-21(14-12-20)34-4-2/h5-17H,3-4,18H2,1-2H3,(H,28,30). The number of hydrogen-bond acceptors (Lipinski definition) is 5. The van der Waals surface area contributed by atoms with Crippen LogP contribution in [0.15, 0.2) is 93.6 Å². The zero-order valence-corrected chi connectivity index (χ0v) is 20.3. The average molecular weight is 491 g/mol. The molecule has 0 aliphatic rings. The lowest BCUT2D eigenvalue weighted by Gasteiger charge is -2.14. The smallest absolute Gasteiger partial charge is 0.244 e. The molecule has 0 saturated carbocycles. The van der Waals surface area contributed by atoms with Gasteiger partial charge in [0.1, 0.15) is 17.2 Å². The van der Waals surface area contributed by atoms with E-state index in [0.29, 0.717) is 23.6 Å². The number of ether oxygens (including phenoxy) is 1. The number of carbonyl (C=O) groups is 1. The number of pyridine rings is 1. The Hall–Kier alpha value is -3.91. The highest BCUT2D eigenvalue weighted by Gasteiger charge is 2.24. The molecule has 0 radical (unpaired) electrons. The van der Waals surface area contributed by atoms with E-state index < -0.39 is 15.3 Å². The van der Waals surface area contributed by atoms with E-state index in [2.05, 4.69) is 5.32 Å². The lowest BCUT2D eigenvalue weighted by molar-refractivity contribution is -0.116. The Kier molecular flexibility index (Phi) is 7.02. The molecule has 1 aromatic heterocycles. The number of para-hydroxylation sites is 1. The minimum atomic E-state index is -4.09. The van der Waals surface area contributed by atoms with Gasteiger partial charge in [-0.15, -0.1) is 0 Å². The van der Waals surface area contributed by atoms with Crippen molar-refractivity contribution in [2.75, 3.05) is 11.9 Å². The molecule has 180 valence electrons. The molecule has 0 spiro atoms. The van der Waals surface area contributed by atoms with Gasteiger partial charge in [-0.2, -0.15) is 0 Å². The fourth-order valence-electron chi connectivity index (χ4n) is 3.83.